The van der Waals surface area contributed by atoms with E-state index in [1.165, 1.54) is 7.11 Å². The third kappa shape index (κ3) is 2.43. The zero-order chi connectivity index (χ0) is 15.7. The van der Waals surface area contributed by atoms with Crippen LogP contribution in [-0.2, 0) is 4.74 Å². The van der Waals surface area contributed by atoms with Crippen molar-refractivity contribution in [2.75, 3.05) is 22.9 Å². The summed E-state index contributed by atoms with van der Waals surface area (Å²) < 4.78 is 18.9. The van der Waals surface area contributed by atoms with Gasteiger partial charge in [-0.15, -0.1) is 0 Å². The summed E-state index contributed by atoms with van der Waals surface area (Å²) in [5.41, 5.74) is 2.60. The molecule has 0 aliphatic carbocycles. The highest BCUT2D eigenvalue weighted by atomic mass is 19.2. The predicted octanol–water partition coefficient (Wildman–Crippen LogP) is 3.68. The Morgan fingerprint density at radius 2 is 2.05 bits per heavy atom. The fraction of sp³-hybridized carbons (Fsp3) is 0.188. The summed E-state index contributed by atoms with van der Waals surface area (Å²) in [6.45, 7) is 1.70. The van der Waals surface area contributed by atoms with Crippen molar-refractivity contribution in [1.29, 1.82) is 0 Å². The molecule has 0 spiro atoms. The van der Waals surface area contributed by atoms with Crippen LogP contribution in [0.2, 0.25) is 0 Å². The minimum Gasteiger partial charge on any atom is -0.465 e. The van der Waals surface area contributed by atoms with E-state index in [0.29, 0.717) is 27.7 Å². The van der Waals surface area contributed by atoms with Gasteiger partial charge < -0.3 is 15.4 Å². The molecule has 1 atom stereocenters. The van der Waals surface area contributed by atoms with E-state index in [2.05, 4.69) is 10.6 Å². The first-order valence-corrected chi connectivity index (χ1v) is 6.90. The lowest BCUT2D eigenvalue weighted by Crippen LogP contribution is -2.24. The van der Waals surface area contributed by atoms with Crippen LogP contribution in [-0.4, -0.2) is 19.2 Å². The Hall–Kier alpha value is -2.76. The van der Waals surface area contributed by atoms with Crippen LogP contribution in [0.1, 0.15) is 17.3 Å². The summed E-state index contributed by atoms with van der Waals surface area (Å²) in [5, 5.41) is 6.74. The monoisotopic (exact) mass is 301 g/mol. The van der Waals surface area contributed by atoms with Crippen LogP contribution in [0.5, 0.6) is 0 Å². The maximum absolute atomic E-state index is 14.1. The highest BCUT2D eigenvalue weighted by molar-refractivity contribution is 6.00. The molecule has 2 aromatic carbocycles. The first kappa shape index (κ1) is 14.2. The fourth-order valence-electron chi connectivity index (χ4n) is 2.43. The largest absolute Gasteiger partial charge is 0.465 e. The van der Waals surface area contributed by atoms with Crippen LogP contribution in [0, 0.1) is 0 Å². The van der Waals surface area contributed by atoms with E-state index in [4.69, 9.17) is 4.74 Å². The van der Waals surface area contributed by atoms with Gasteiger partial charge in [-0.1, -0.05) is 22.7 Å². The Kier molecular flexibility index (Phi) is 3.58. The number of carbonyl (C=O) groups excluding carboxylic acids is 1. The number of fused-ring (bicyclic) bond motifs is 1. The molecule has 22 heavy (non-hydrogen) atoms. The van der Waals surface area contributed by atoms with Crippen molar-refractivity contribution in [2.45, 2.75) is 13.1 Å². The van der Waals surface area contributed by atoms with Gasteiger partial charge in [0.15, 0.2) is 0 Å². The summed E-state index contributed by atoms with van der Waals surface area (Å²) in [5.74, 6) is -0.479. The number of hydrogen-bond acceptors (Lipinski definition) is 5. The van der Waals surface area contributed by atoms with Crippen LogP contribution < -0.4 is 15.8 Å². The maximum atomic E-state index is 14.1. The Balaban J connectivity index is 2.05. The number of esters is 1. The van der Waals surface area contributed by atoms with Crippen molar-refractivity contribution in [1.82, 2.24) is 0 Å². The van der Waals surface area contributed by atoms with Crippen molar-refractivity contribution in [2.24, 2.45) is 0 Å². The lowest BCUT2D eigenvalue weighted by molar-refractivity contribution is 0.0602. The molecule has 1 unspecified atom stereocenters. The number of nitrogens with zero attached hydrogens (tertiary/aromatic N) is 1. The Labute approximate surface area is 127 Å². The number of ether oxygens (including phenoxy) is 1. The zero-order valence-electron chi connectivity index (χ0n) is 12.3. The second-order valence-corrected chi connectivity index (χ2v) is 5.03. The Morgan fingerprint density at radius 1 is 1.32 bits per heavy atom. The number of benzene rings is 2. The molecule has 1 heterocycles. The van der Waals surface area contributed by atoms with E-state index >= 15 is 0 Å². The van der Waals surface area contributed by atoms with E-state index in [9.17, 15) is 9.28 Å². The van der Waals surface area contributed by atoms with Crippen molar-refractivity contribution in [3.8, 4) is 0 Å². The molecule has 0 saturated carbocycles. The van der Waals surface area contributed by atoms with E-state index in [1.807, 2.05) is 30.3 Å². The van der Waals surface area contributed by atoms with Gasteiger partial charge >= 0.3 is 5.97 Å². The molecule has 0 amide bonds. The van der Waals surface area contributed by atoms with Gasteiger partial charge in [0.2, 0.25) is 0 Å². The summed E-state index contributed by atoms with van der Waals surface area (Å²) in [7, 11) is 1.32. The van der Waals surface area contributed by atoms with Gasteiger partial charge in [0.1, 0.15) is 6.17 Å². The number of nitrogens with one attached hydrogen (secondary N) is 2. The normalized spacial score (nSPS) is 16.0. The quantitative estimate of drug-likeness (QED) is 0.669. The number of carbonyl (C=O) groups is 1. The molecule has 1 aliphatic heterocycles. The van der Waals surface area contributed by atoms with E-state index in [1.54, 1.807) is 19.1 Å². The number of rotatable bonds is 3. The lowest BCUT2D eigenvalue weighted by Gasteiger charge is -2.14. The van der Waals surface area contributed by atoms with Crippen LogP contribution in [0.25, 0.3) is 0 Å². The van der Waals surface area contributed by atoms with Gasteiger partial charge in [0.05, 0.1) is 29.7 Å². The standard InChI is InChI=1S/C16H16FN3O2/c1-10-18-14-8-12(16(21)22-2)13(9-15(14)20(10)17)19-11-6-4-3-5-7-11/h3-10,18-19H,1-2H3. The highest BCUT2D eigenvalue weighted by Gasteiger charge is 2.28. The molecule has 0 saturated heterocycles. The molecule has 114 valence electrons. The first-order valence-electron chi connectivity index (χ1n) is 6.90. The second kappa shape index (κ2) is 5.55. The van der Waals surface area contributed by atoms with Crippen molar-refractivity contribution < 1.29 is 14.0 Å². The topological polar surface area (TPSA) is 53.6 Å². The third-order valence-corrected chi connectivity index (χ3v) is 3.53. The Morgan fingerprint density at radius 3 is 2.73 bits per heavy atom. The first-order chi connectivity index (χ1) is 10.6. The number of halogens is 1. The molecule has 2 aromatic rings. The molecule has 0 radical (unpaired) electrons. The van der Waals surface area contributed by atoms with Gasteiger partial charge in [-0.3, -0.25) is 0 Å². The minimum absolute atomic E-state index is 0.347. The smallest absolute Gasteiger partial charge is 0.340 e. The van der Waals surface area contributed by atoms with E-state index < -0.39 is 12.1 Å². The highest BCUT2D eigenvalue weighted by Crippen LogP contribution is 2.39. The third-order valence-electron chi connectivity index (χ3n) is 3.53. The number of anilines is 4. The van der Waals surface area contributed by atoms with Gasteiger partial charge in [0.25, 0.3) is 0 Å². The number of hydrogen-bond donors (Lipinski definition) is 2. The van der Waals surface area contributed by atoms with E-state index in [-0.39, 0.29) is 0 Å². The van der Waals surface area contributed by atoms with Crippen molar-refractivity contribution in [3.05, 3.63) is 48.0 Å². The molecule has 1 aliphatic rings. The zero-order valence-corrected chi connectivity index (χ0v) is 12.3. The second-order valence-electron chi connectivity index (χ2n) is 5.03. The lowest BCUT2D eigenvalue weighted by atomic mass is 10.1. The van der Waals surface area contributed by atoms with Crippen LogP contribution in [0.4, 0.5) is 27.2 Å². The van der Waals surface area contributed by atoms with Gasteiger partial charge in [-0.2, -0.15) is 5.12 Å². The summed E-state index contributed by atoms with van der Waals surface area (Å²) in [6.07, 6.45) is -0.479. The van der Waals surface area contributed by atoms with Crippen molar-refractivity contribution >= 4 is 28.7 Å². The number of methoxy groups -OCH3 is 1. The predicted molar refractivity (Wildman–Crippen MR) is 84.2 cm³/mol. The average molecular weight is 301 g/mol. The molecular weight excluding hydrogens is 285 g/mol. The maximum Gasteiger partial charge on any atom is 0.340 e. The molecular formula is C16H16FN3O2. The molecule has 2 N–H and O–H groups in total. The fourth-order valence-corrected chi connectivity index (χ4v) is 2.43. The molecule has 6 heteroatoms. The SMILES string of the molecule is COC(=O)c1cc2c(cc1Nc1ccccc1)N(F)C(C)N2. The number of para-hydroxylation sites is 1. The molecule has 0 fully saturated rings. The molecule has 0 aromatic heterocycles. The van der Waals surface area contributed by atoms with Gasteiger partial charge in [-0.05, 0) is 31.2 Å². The van der Waals surface area contributed by atoms with Crippen LogP contribution in [0.15, 0.2) is 42.5 Å². The van der Waals surface area contributed by atoms with Crippen LogP contribution in [0.3, 0.4) is 0 Å². The van der Waals surface area contributed by atoms with Gasteiger partial charge in [-0.25, -0.2) is 4.79 Å². The van der Waals surface area contributed by atoms with E-state index in [0.717, 1.165) is 5.69 Å². The summed E-state index contributed by atoms with van der Waals surface area (Å²) in [6, 6.07) is 12.6. The van der Waals surface area contributed by atoms with Crippen molar-refractivity contribution in [3.63, 3.8) is 0 Å². The Bertz CT molecular complexity index is 706. The van der Waals surface area contributed by atoms with Crippen LogP contribution >= 0.6 is 0 Å². The molecule has 3 rings (SSSR count). The van der Waals surface area contributed by atoms with Gasteiger partial charge in [0, 0.05) is 5.69 Å². The summed E-state index contributed by atoms with van der Waals surface area (Å²) in [4.78, 5) is 12.0. The molecule has 0 bridgehead atoms. The average Bonchev–Trinajstić information content (AvgIpc) is 2.81. The summed E-state index contributed by atoms with van der Waals surface area (Å²) >= 11 is 0. The molecule has 5 nitrogen and oxygen atoms in total. The minimum atomic E-state index is -0.479.